The summed E-state index contributed by atoms with van der Waals surface area (Å²) in [6.45, 7) is 0. The molecule has 2 N–H and O–H groups in total. The number of rotatable bonds is 3. The Bertz CT molecular complexity index is 594. The van der Waals surface area contributed by atoms with E-state index >= 15 is 0 Å². The topological polar surface area (TPSA) is 69.1 Å². The largest absolute Gasteiger partial charge is 0.322 e. The van der Waals surface area contributed by atoms with Gasteiger partial charge in [-0.25, -0.2) is 0 Å². The molecule has 0 aromatic carbocycles. The lowest BCUT2D eigenvalue weighted by Gasteiger charge is -2.25. The Balaban J connectivity index is 1.61. The van der Waals surface area contributed by atoms with Gasteiger partial charge < -0.3 is 5.73 Å². The highest BCUT2D eigenvalue weighted by molar-refractivity contribution is 7.16. The Morgan fingerprint density at radius 1 is 1.05 bits per heavy atom. The Morgan fingerprint density at radius 3 is 2.55 bits per heavy atom. The van der Waals surface area contributed by atoms with Gasteiger partial charge in [0.05, 0.1) is 6.04 Å². The van der Waals surface area contributed by atoms with Crippen LogP contribution in [0, 0.1) is 5.92 Å². The molecule has 5 nitrogen and oxygen atoms in total. The Kier molecular flexibility index (Phi) is 3.22. The van der Waals surface area contributed by atoms with Gasteiger partial charge in [0.25, 0.3) is 0 Å². The van der Waals surface area contributed by atoms with Crippen molar-refractivity contribution in [2.75, 3.05) is 0 Å². The summed E-state index contributed by atoms with van der Waals surface area (Å²) in [5.74, 6) is 2.20. The van der Waals surface area contributed by atoms with E-state index in [0.717, 1.165) is 15.8 Å². The second-order valence-corrected chi connectivity index (χ2v) is 7.23. The fourth-order valence-electron chi connectivity index (χ4n) is 3.40. The zero-order chi connectivity index (χ0) is 13.5. The lowest BCUT2D eigenvalue weighted by atomic mass is 9.84. The predicted octanol–water partition coefficient (Wildman–Crippen LogP) is 3.03. The van der Waals surface area contributed by atoms with Gasteiger partial charge in [-0.15, -0.1) is 10.2 Å². The molecular weight excluding hydrogens is 270 g/mol. The highest BCUT2D eigenvalue weighted by atomic mass is 32.1. The molecule has 0 radical (unpaired) electrons. The second-order valence-electron chi connectivity index (χ2n) is 6.24. The third kappa shape index (κ3) is 2.05. The maximum absolute atomic E-state index is 6.45. The molecule has 108 valence electrons. The standard InChI is InChI=1S/C14H21N5S/c15-11(9-5-2-1-3-6-9)13-18-19-12(10-7-4-8-10)16-17-14(19)20-13/h9-11H,1-8,15H2. The maximum atomic E-state index is 6.45. The van der Waals surface area contributed by atoms with Gasteiger partial charge in [0.15, 0.2) is 5.82 Å². The van der Waals surface area contributed by atoms with Crippen molar-refractivity contribution in [1.29, 1.82) is 0 Å². The zero-order valence-electron chi connectivity index (χ0n) is 11.7. The van der Waals surface area contributed by atoms with Crippen molar-refractivity contribution in [1.82, 2.24) is 19.8 Å². The number of aromatic nitrogens is 4. The van der Waals surface area contributed by atoms with Crippen molar-refractivity contribution >= 4 is 16.3 Å². The van der Waals surface area contributed by atoms with E-state index in [9.17, 15) is 0 Å². The molecule has 0 amide bonds. The molecule has 2 aliphatic carbocycles. The van der Waals surface area contributed by atoms with E-state index in [4.69, 9.17) is 10.8 Å². The summed E-state index contributed by atoms with van der Waals surface area (Å²) >= 11 is 1.63. The van der Waals surface area contributed by atoms with E-state index in [1.165, 1.54) is 51.4 Å². The summed E-state index contributed by atoms with van der Waals surface area (Å²) in [5, 5.41) is 14.4. The molecule has 2 saturated carbocycles. The lowest BCUT2D eigenvalue weighted by molar-refractivity contribution is 0.306. The predicted molar refractivity (Wildman–Crippen MR) is 78.8 cm³/mol. The fourth-order valence-corrected chi connectivity index (χ4v) is 4.34. The van der Waals surface area contributed by atoms with Crippen LogP contribution in [-0.4, -0.2) is 19.8 Å². The molecule has 2 fully saturated rings. The summed E-state index contributed by atoms with van der Waals surface area (Å²) in [4.78, 5) is 0.910. The first-order chi connectivity index (χ1) is 9.83. The fraction of sp³-hybridized carbons (Fsp3) is 0.786. The molecule has 2 aliphatic rings. The van der Waals surface area contributed by atoms with Gasteiger partial charge in [0.2, 0.25) is 4.96 Å². The smallest absolute Gasteiger partial charge is 0.234 e. The van der Waals surface area contributed by atoms with Crippen LogP contribution in [0.25, 0.3) is 4.96 Å². The highest BCUT2D eigenvalue weighted by Crippen LogP contribution is 2.37. The normalized spacial score (nSPS) is 23.1. The van der Waals surface area contributed by atoms with E-state index in [2.05, 4.69) is 10.2 Å². The van der Waals surface area contributed by atoms with Crippen LogP contribution < -0.4 is 5.73 Å². The van der Waals surface area contributed by atoms with Crippen LogP contribution in [0.1, 0.15) is 74.2 Å². The molecule has 1 atom stereocenters. The molecule has 0 bridgehead atoms. The Labute approximate surface area is 122 Å². The van der Waals surface area contributed by atoms with Gasteiger partial charge in [0, 0.05) is 5.92 Å². The number of nitrogens with two attached hydrogens (primary N) is 1. The molecule has 0 aliphatic heterocycles. The number of hydrogen-bond donors (Lipinski definition) is 1. The number of hydrogen-bond acceptors (Lipinski definition) is 5. The van der Waals surface area contributed by atoms with Crippen molar-refractivity contribution < 1.29 is 0 Å². The second kappa shape index (κ2) is 5.07. The average Bonchev–Trinajstić information content (AvgIpc) is 2.99. The van der Waals surface area contributed by atoms with E-state index in [0.29, 0.717) is 11.8 Å². The molecule has 2 aromatic rings. The Morgan fingerprint density at radius 2 is 1.85 bits per heavy atom. The van der Waals surface area contributed by atoms with Crippen LogP contribution in [-0.2, 0) is 0 Å². The Hall–Kier alpha value is -1.01. The van der Waals surface area contributed by atoms with E-state index < -0.39 is 0 Å². The molecular formula is C14H21N5S. The first-order valence-electron chi connectivity index (χ1n) is 7.80. The quantitative estimate of drug-likeness (QED) is 0.943. The van der Waals surface area contributed by atoms with Crippen molar-refractivity contribution in [3.63, 3.8) is 0 Å². The minimum Gasteiger partial charge on any atom is -0.322 e. The van der Waals surface area contributed by atoms with Gasteiger partial charge in [-0.3, -0.25) is 0 Å². The molecule has 4 rings (SSSR count). The highest BCUT2D eigenvalue weighted by Gasteiger charge is 2.29. The van der Waals surface area contributed by atoms with Gasteiger partial charge in [-0.1, -0.05) is 37.0 Å². The monoisotopic (exact) mass is 291 g/mol. The zero-order valence-corrected chi connectivity index (χ0v) is 12.5. The summed E-state index contributed by atoms with van der Waals surface area (Å²) < 4.78 is 1.95. The molecule has 1 unspecified atom stereocenters. The van der Waals surface area contributed by atoms with Gasteiger partial charge in [-0.05, 0) is 31.6 Å². The molecule has 6 heteroatoms. The van der Waals surface area contributed by atoms with Crippen LogP contribution >= 0.6 is 11.3 Å². The summed E-state index contributed by atoms with van der Waals surface area (Å²) in [5.41, 5.74) is 6.45. The number of fused-ring (bicyclic) bond motifs is 1. The number of nitrogens with zero attached hydrogens (tertiary/aromatic N) is 4. The van der Waals surface area contributed by atoms with Crippen molar-refractivity contribution in [3.05, 3.63) is 10.8 Å². The lowest BCUT2D eigenvalue weighted by Crippen LogP contribution is -2.23. The molecule has 20 heavy (non-hydrogen) atoms. The molecule has 2 aromatic heterocycles. The first kappa shape index (κ1) is 12.7. The third-order valence-electron chi connectivity index (χ3n) is 4.94. The molecule has 0 saturated heterocycles. The van der Waals surface area contributed by atoms with Crippen LogP contribution in [0.2, 0.25) is 0 Å². The van der Waals surface area contributed by atoms with Crippen LogP contribution in [0.5, 0.6) is 0 Å². The van der Waals surface area contributed by atoms with Crippen LogP contribution in [0.15, 0.2) is 0 Å². The summed E-state index contributed by atoms with van der Waals surface area (Å²) in [7, 11) is 0. The van der Waals surface area contributed by atoms with E-state index in [1.54, 1.807) is 11.3 Å². The minimum atomic E-state index is 0.0799. The molecule has 2 heterocycles. The third-order valence-corrected chi connectivity index (χ3v) is 5.94. The van der Waals surface area contributed by atoms with Crippen molar-refractivity contribution in [3.8, 4) is 0 Å². The average molecular weight is 291 g/mol. The summed E-state index contributed by atoms with van der Waals surface area (Å²) in [6, 6.07) is 0.0799. The molecule has 0 spiro atoms. The van der Waals surface area contributed by atoms with E-state index in [-0.39, 0.29) is 6.04 Å². The first-order valence-corrected chi connectivity index (χ1v) is 8.62. The maximum Gasteiger partial charge on any atom is 0.234 e. The van der Waals surface area contributed by atoms with E-state index in [1.807, 2.05) is 4.52 Å². The summed E-state index contributed by atoms with van der Waals surface area (Å²) in [6.07, 6.45) is 10.2. The van der Waals surface area contributed by atoms with Crippen molar-refractivity contribution in [2.24, 2.45) is 11.7 Å². The minimum absolute atomic E-state index is 0.0799. The van der Waals surface area contributed by atoms with Gasteiger partial charge in [-0.2, -0.15) is 9.61 Å². The van der Waals surface area contributed by atoms with Crippen molar-refractivity contribution in [2.45, 2.75) is 63.3 Å². The van der Waals surface area contributed by atoms with Crippen LogP contribution in [0.3, 0.4) is 0 Å². The van der Waals surface area contributed by atoms with Gasteiger partial charge >= 0.3 is 0 Å². The SMILES string of the molecule is NC(c1nn2c(C3CCC3)nnc2s1)C1CCCCC1. The van der Waals surface area contributed by atoms with Crippen LogP contribution in [0.4, 0.5) is 0 Å². The van der Waals surface area contributed by atoms with Gasteiger partial charge in [0.1, 0.15) is 5.01 Å².